The molecule has 0 atom stereocenters. The molecular weight excluding hydrogens is 418 g/mol. The van der Waals surface area contributed by atoms with Crippen LogP contribution >= 0.6 is 11.3 Å². The van der Waals surface area contributed by atoms with Crippen LogP contribution in [0.2, 0.25) is 0 Å². The lowest BCUT2D eigenvalue weighted by atomic mass is 9.96. The number of ether oxygens (including phenoxy) is 2. The van der Waals surface area contributed by atoms with E-state index in [2.05, 4.69) is 10.4 Å². The molecule has 8 nitrogen and oxygen atoms in total. The topological polar surface area (TPSA) is 99.5 Å². The van der Waals surface area contributed by atoms with Crippen LogP contribution in [0, 0.1) is 5.41 Å². The summed E-state index contributed by atoms with van der Waals surface area (Å²) in [7, 11) is 0. The van der Waals surface area contributed by atoms with E-state index in [1.165, 1.54) is 11.3 Å². The molecule has 0 bridgehead atoms. The molecule has 1 N–H and O–H groups in total. The number of carbonyl (C=O) groups excluding carboxylic acids is 2. The number of amides is 1. The van der Waals surface area contributed by atoms with E-state index < -0.39 is 16.9 Å². The number of hydrogen-bond donors (Lipinski definition) is 1. The van der Waals surface area contributed by atoms with Crippen LogP contribution in [0.3, 0.4) is 0 Å². The molecule has 0 fully saturated rings. The Hall–Kier alpha value is -3.20. The molecule has 0 aliphatic carbocycles. The average Bonchev–Trinajstić information content (AvgIpc) is 3.13. The molecule has 1 amide bonds. The summed E-state index contributed by atoms with van der Waals surface area (Å²) < 4.78 is 11.7. The van der Waals surface area contributed by atoms with Crippen LogP contribution in [-0.4, -0.2) is 34.9 Å². The Morgan fingerprint density at radius 2 is 1.81 bits per heavy atom. The van der Waals surface area contributed by atoms with Crippen molar-refractivity contribution in [3.63, 3.8) is 0 Å². The van der Waals surface area contributed by atoms with Crippen LogP contribution in [0.25, 0.3) is 16.5 Å². The van der Waals surface area contributed by atoms with Crippen molar-refractivity contribution in [2.45, 2.75) is 34.6 Å². The molecule has 1 aromatic carbocycles. The van der Waals surface area contributed by atoms with Gasteiger partial charge in [-0.25, -0.2) is 4.79 Å². The normalized spacial score (nSPS) is 11.4. The van der Waals surface area contributed by atoms with Crippen LogP contribution in [-0.2, 0) is 9.53 Å². The molecule has 31 heavy (non-hydrogen) atoms. The molecule has 0 aliphatic rings. The van der Waals surface area contributed by atoms with Gasteiger partial charge >= 0.3 is 5.97 Å². The van der Waals surface area contributed by atoms with Gasteiger partial charge in [-0.15, -0.1) is 11.3 Å². The van der Waals surface area contributed by atoms with Crippen molar-refractivity contribution in [2.75, 3.05) is 18.5 Å². The molecule has 2 aromatic heterocycles. The number of rotatable bonds is 6. The first kappa shape index (κ1) is 22.5. The highest BCUT2D eigenvalue weighted by molar-refractivity contribution is 7.16. The van der Waals surface area contributed by atoms with Crippen LogP contribution in [0.15, 0.2) is 34.4 Å². The second kappa shape index (κ2) is 8.89. The Morgan fingerprint density at radius 3 is 2.39 bits per heavy atom. The van der Waals surface area contributed by atoms with Crippen molar-refractivity contribution in [1.29, 1.82) is 0 Å². The summed E-state index contributed by atoms with van der Waals surface area (Å²) in [5.41, 5.74) is -0.628. The Balaban J connectivity index is 2.21. The van der Waals surface area contributed by atoms with Gasteiger partial charge in [0, 0.05) is 16.2 Å². The monoisotopic (exact) mass is 443 g/mol. The second-order valence-electron chi connectivity index (χ2n) is 7.77. The highest BCUT2D eigenvalue weighted by atomic mass is 32.1. The third-order valence-electron chi connectivity index (χ3n) is 4.42. The van der Waals surface area contributed by atoms with Gasteiger partial charge in [-0.3, -0.25) is 9.59 Å². The van der Waals surface area contributed by atoms with Gasteiger partial charge in [0.05, 0.1) is 24.3 Å². The number of aromatic nitrogens is 2. The summed E-state index contributed by atoms with van der Waals surface area (Å²) >= 11 is 1.17. The van der Waals surface area contributed by atoms with Gasteiger partial charge in [-0.2, -0.15) is 9.78 Å². The predicted molar refractivity (Wildman–Crippen MR) is 120 cm³/mol. The number of thiophene rings is 1. The highest BCUT2D eigenvalue weighted by Crippen LogP contribution is 2.32. The maximum absolute atomic E-state index is 13.4. The van der Waals surface area contributed by atoms with Crippen LogP contribution in [0.4, 0.5) is 5.00 Å². The van der Waals surface area contributed by atoms with E-state index in [1.54, 1.807) is 57.3 Å². The van der Waals surface area contributed by atoms with Gasteiger partial charge in [0.15, 0.2) is 5.69 Å². The van der Waals surface area contributed by atoms with E-state index in [9.17, 15) is 14.4 Å². The minimum absolute atomic E-state index is 0.0119. The van der Waals surface area contributed by atoms with Crippen molar-refractivity contribution >= 4 is 39.0 Å². The van der Waals surface area contributed by atoms with Gasteiger partial charge in [0.2, 0.25) is 5.91 Å². The lowest BCUT2D eigenvalue weighted by Gasteiger charge is -2.17. The fourth-order valence-electron chi connectivity index (χ4n) is 2.81. The molecule has 0 unspecified atom stereocenters. The molecule has 2 heterocycles. The zero-order valence-corrected chi connectivity index (χ0v) is 19.0. The third kappa shape index (κ3) is 4.61. The van der Waals surface area contributed by atoms with Crippen molar-refractivity contribution in [3.05, 3.63) is 45.7 Å². The lowest BCUT2D eigenvalue weighted by Crippen LogP contribution is -2.29. The third-order valence-corrected chi connectivity index (χ3v) is 5.32. The summed E-state index contributed by atoms with van der Waals surface area (Å²) in [6.07, 6.45) is 0. The SMILES string of the molecule is CCOC(=O)c1nn(-c2ccc(OCC)cc2)c(=O)c2c(NC(=O)C(C)(C)C)scc12. The lowest BCUT2D eigenvalue weighted by molar-refractivity contribution is -0.123. The quantitative estimate of drug-likeness (QED) is 0.578. The number of esters is 1. The van der Waals surface area contributed by atoms with E-state index in [4.69, 9.17) is 9.47 Å². The van der Waals surface area contributed by atoms with Crippen LogP contribution in [0.1, 0.15) is 45.1 Å². The zero-order chi connectivity index (χ0) is 22.8. The van der Waals surface area contributed by atoms with Gasteiger partial charge in [0.25, 0.3) is 5.56 Å². The van der Waals surface area contributed by atoms with Gasteiger partial charge < -0.3 is 14.8 Å². The number of fused-ring (bicyclic) bond motifs is 1. The number of benzene rings is 1. The standard InChI is InChI=1S/C22H25N3O5S/c1-6-29-14-10-8-13(9-11-14)25-19(26)16-15(17(24-25)20(27)30-7-2)12-31-18(16)23-21(28)22(3,4)5/h8-12H,6-7H2,1-5H3,(H,23,28). The van der Waals surface area contributed by atoms with Gasteiger partial charge in [-0.1, -0.05) is 20.8 Å². The Kier molecular flexibility index (Phi) is 6.45. The largest absolute Gasteiger partial charge is 0.494 e. The second-order valence-corrected chi connectivity index (χ2v) is 8.65. The number of nitrogens with one attached hydrogen (secondary N) is 1. The zero-order valence-electron chi connectivity index (χ0n) is 18.1. The summed E-state index contributed by atoms with van der Waals surface area (Å²) in [4.78, 5) is 38.5. The smallest absolute Gasteiger partial charge is 0.359 e. The summed E-state index contributed by atoms with van der Waals surface area (Å²) in [5.74, 6) is -0.226. The van der Waals surface area contributed by atoms with Crippen molar-refractivity contribution in [3.8, 4) is 11.4 Å². The molecule has 0 saturated heterocycles. The van der Waals surface area contributed by atoms with Crippen LogP contribution < -0.4 is 15.6 Å². The van der Waals surface area contributed by atoms with Crippen LogP contribution in [0.5, 0.6) is 5.75 Å². The summed E-state index contributed by atoms with van der Waals surface area (Å²) in [5, 5.41) is 9.67. The molecule has 164 valence electrons. The highest BCUT2D eigenvalue weighted by Gasteiger charge is 2.26. The van der Waals surface area contributed by atoms with Crippen molar-refractivity contribution < 1.29 is 19.1 Å². The number of anilines is 1. The van der Waals surface area contributed by atoms with E-state index in [0.29, 0.717) is 28.4 Å². The number of carbonyl (C=O) groups is 2. The van der Waals surface area contributed by atoms with Gasteiger partial charge in [0.1, 0.15) is 10.8 Å². The maximum Gasteiger partial charge on any atom is 0.359 e. The van der Waals surface area contributed by atoms with Crippen molar-refractivity contribution in [1.82, 2.24) is 9.78 Å². The van der Waals surface area contributed by atoms with Crippen molar-refractivity contribution in [2.24, 2.45) is 5.41 Å². The Bertz CT molecular complexity index is 1170. The molecule has 0 saturated carbocycles. The summed E-state index contributed by atoms with van der Waals surface area (Å²) in [6.45, 7) is 9.60. The molecule has 3 rings (SSSR count). The maximum atomic E-state index is 13.4. The van der Waals surface area contributed by atoms with E-state index in [-0.39, 0.29) is 23.6 Å². The first-order valence-corrected chi connectivity index (χ1v) is 10.8. The molecule has 0 spiro atoms. The number of hydrogen-bond acceptors (Lipinski definition) is 7. The minimum Gasteiger partial charge on any atom is -0.494 e. The number of nitrogens with zero attached hydrogens (tertiary/aromatic N) is 2. The molecular formula is C22H25N3O5S. The molecule has 0 radical (unpaired) electrons. The Labute approximate surface area is 183 Å². The Morgan fingerprint density at radius 1 is 1.13 bits per heavy atom. The fourth-order valence-corrected chi connectivity index (χ4v) is 3.74. The first-order valence-electron chi connectivity index (χ1n) is 9.93. The average molecular weight is 444 g/mol. The first-order chi connectivity index (χ1) is 14.7. The van der Waals surface area contributed by atoms with E-state index >= 15 is 0 Å². The fraction of sp³-hybridized carbons (Fsp3) is 0.364. The molecule has 0 aliphatic heterocycles. The summed E-state index contributed by atoms with van der Waals surface area (Å²) in [6, 6.07) is 6.80. The molecule has 3 aromatic rings. The van der Waals surface area contributed by atoms with E-state index in [1.807, 2.05) is 6.92 Å². The van der Waals surface area contributed by atoms with E-state index in [0.717, 1.165) is 4.68 Å². The molecule has 9 heteroatoms. The van der Waals surface area contributed by atoms with Gasteiger partial charge in [-0.05, 0) is 38.1 Å². The minimum atomic E-state index is -0.651. The predicted octanol–water partition coefficient (Wildman–Crippen LogP) is 4.01.